The van der Waals surface area contributed by atoms with E-state index in [0.29, 0.717) is 22.3 Å². The second-order valence-corrected chi connectivity index (χ2v) is 7.25. The molecule has 31 heavy (non-hydrogen) atoms. The highest BCUT2D eigenvalue weighted by Gasteiger charge is 2.22. The number of aromatic nitrogens is 2. The lowest BCUT2D eigenvalue weighted by Gasteiger charge is -2.12. The highest BCUT2D eigenvalue weighted by molar-refractivity contribution is 9.10. The molecule has 10 heteroatoms. The van der Waals surface area contributed by atoms with Crippen LogP contribution in [0, 0.1) is 17.0 Å². The molecule has 3 aromatic rings. The highest BCUT2D eigenvalue weighted by atomic mass is 79.9. The minimum atomic E-state index is -0.565. The van der Waals surface area contributed by atoms with E-state index < -0.39 is 4.92 Å². The van der Waals surface area contributed by atoms with Crippen molar-refractivity contribution in [2.45, 2.75) is 13.8 Å². The second-order valence-electron chi connectivity index (χ2n) is 6.34. The molecular weight excluding hydrogens is 468 g/mol. The number of nitro benzene ring substituents is 1. The van der Waals surface area contributed by atoms with Crippen LogP contribution in [0.1, 0.15) is 18.3 Å². The van der Waals surface area contributed by atoms with Gasteiger partial charge in [-0.3, -0.25) is 14.9 Å². The molecule has 0 aliphatic carbocycles. The lowest BCUT2D eigenvalue weighted by molar-refractivity contribution is -0.385. The number of rotatable bonds is 8. The molecular formula is C21H19BrN4O5. The van der Waals surface area contributed by atoms with Crippen LogP contribution in [-0.4, -0.2) is 34.0 Å². The van der Waals surface area contributed by atoms with Gasteiger partial charge in [-0.2, -0.15) is 9.78 Å². The van der Waals surface area contributed by atoms with Crippen molar-refractivity contribution in [1.82, 2.24) is 9.66 Å². The van der Waals surface area contributed by atoms with Crippen LogP contribution in [0.3, 0.4) is 0 Å². The molecule has 0 amide bonds. The van der Waals surface area contributed by atoms with Crippen LogP contribution in [0.5, 0.6) is 11.5 Å². The summed E-state index contributed by atoms with van der Waals surface area (Å²) in [5.74, 6) is 0.584. The third kappa shape index (κ3) is 4.80. The lowest BCUT2D eigenvalue weighted by atomic mass is 10.2. The fourth-order valence-electron chi connectivity index (χ4n) is 2.89. The Bertz CT molecular complexity index is 1250. The smallest absolute Gasteiger partial charge is 0.315 e. The monoisotopic (exact) mass is 486 g/mol. The van der Waals surface area contributed by atoms with Gasteiger partial charge in [0.25, 0.3) is 5.56 Å². The molecule has 0 N–H and O–H groups in total. The van der Waals surface area contributed by atoms with Crippen molar-refractivity contribution in [3.63, 3.8) is 0 Å². The number of fused-ring (bicyclic) bond motifs is 1. The van der Waals surface area contributed by atoms with Gasteiger partial charge in [0, 0.05) is 16.1 Å². The number of aryl methyl sites for hydroxylation is 1. The van der Waals surface area contributed by atoms with Gasteiger partial charge in [0.2, 0.25) is 5.75 Å². The first-order valence-corrected chi connectivity index (χ1v) is 10.1. The van der Waals surface area contributed by atoms with Crippen molar-refractivity contribution in [3.05, 3.63) is 79.3 Å². The zero-order chi connectivity index (χ0) is 22.5. The molecule has 9 nitrogen and oxygen atoms in total. The van der Waals surface area contributed by atoms with E-state index in [0.717, 1.165) is 9.15 Å². The molecule has 0 atom stereocenters. The summed E-state index contributed by atoms with van der Waals surface area (Å²) in [5, 5.41) is 16.2. The summed E-state index contributed by atoms with van der Waals surface area (Å²) in [6.45, 7) is 7.33. The normalized spacial score (nSPS) is 11.1. The average Bonchev–Trinajstić information content (AvgIpc) is 2.73. The zero-order valence-corrected chi connectivity index (χ0v) is 18.5. The molecule has 0 aliphatic rings. The maximum atomic E-state index is 12.9. The van der Waals surface area contributed by atoms with Gasteiger partial charge in [0.15, 0.2) is 5.75 Å². The zero-order valence-electron chi connectivity index (χ0n) is 16.9. The van der Waals surface area contributed by atoms with Crippen molar-refractivity contribution < 1.29 is 14.4 Å². The summed E-state index contributed by atoms with van der Waals surface area (Å²) in [6.07, 6.45) is 2.82. The van der Waals surface area contributed by atoms with Gasteiger partial charge in [-0.1, -0.05) is 28.6 Å². The van der Waals surface area contributed by atoms with Crippen LogP contribution in [-0.2, 0) is 0 Å². The van der Waals surface area contributed by atoms with Crippen LogP contribution in [0.4, 0.5) is 5.69 Å². The topological polar surface area (TPSA) is 109 Å². The Labute approximate surface area is 185 Å². The molecule has 0 aliphatic heterocycles. The van der Waals surface area contributed by atoms with Gasteiger partial charge in [-0.25, -0.2) is 4.98 Å². The van der Waals surface area contributed by atoms with Crippen LogP contribution in [0.25, 0.3) is 10.9 Å². The molecule has 1 heterocycles. The summed E-state index contributed by atoms with van der Waals surface area (Å²) >= 11 is 3.34. The molecule has 0 unspecified atom stereocenters. The van der Waals surface area contributed by atoms with E-state index in [2.05, 4.69) is 32.6 Å². The molecule has 0 spiro atoms. The van der Waals surface area contributed by atoms with E-state index in [1.165, 1.54) is 18.4 Å². The summed E-state index contributed by atoms with van der Waals surface area (Å²) < 4.78 is 12.9. The standard InChI is InChI=1S/C21H19BrN4O5/c1-4-8-31-20-18(26(28)29)9-14(10-19(20)30-5-2)12-23-25-13(3)24-17-7-6-15(22)11-16(17)21(25)27/h4,6-7,9-12H,1,5,8H2,2-3H3. The van der Waals surface area contributed by atoms with Crippen molar-refractivity contribution >= 4 is 38.7 Å². The summed E-state index contributed by atoms with van der Waals surface area (Å²) in [4.78, 5) is 28.3. The van der Waals surface area contributed by atoms with Crippen LogP contribution in [0.2, 0.25) is 0 Å². The fraction of sp³-hybridized carbons (Fsp3) is 0.190. The largest absolute Gasteiger partial charge is 0.490 e. The van der Waals surface area contributed by atoms with Crippen molar-refractivity contribution in [2.24, 2.45) is 5.10 Å². The summed E-state index contributed by atoms with van der Waals surface area (Å²) in [6, 6.07) is 8.06. The van der Waals surface area contributed by atoms with Gasteiger partial charge >= 0.3 is 5.69 Å². The Hall–Kier alpha value is -3.53. The predicted molar refractivity (Wildman–Crippen MR) is 121 cm³/mol. The first-order valence-electron chi connectivity index (χ1n) is 9.28. The number of ether oxygens (including phenoxy) is 2. The molecule has 0 saturated heterocycles. The summed E-state index contributed by atoms with van der Waals surface area (Å²) in [5.41, 5.74) is 0.279. The number of hydrogen-bond acceptors (Lipinski definition) is 7. The Morgan fingerprint density at radius 2 is 2.10 bits per heavy atom. The highest BCUT2D eigenvalue weighted by Crippen LogP contribution is 2.38. The maximum Gasteiger partial charge on any atom is 0.315 e. The molecule has 160 valence electrons. The Morgan fingerprint density at radius 1 is 1.32 bits per heavy atom. The molecule has 0 fully saturated rings. The first-order chi connectivity index (χ1) is 14.8. The number of halogens is 1. The molecule has 0 bridgehead atoms. The Morgan fingerprint density at radius 3 is 2.77 bits per heavy atom. The SMILES string of the molecule is C=CCOc1c(OCC)cc(C=Nn2c(C)nc3ccc(Br)cc3c2=O)cc1[N+](=O)[O-]. The third-order valence-electron chi connectivity index (χ3n) is 4.19. The first kappa shape index (κ1) is 22.2. The molecule has 3 rings (SSSR count). The third-order valence-corrected chi connectivity index (χ3v) is 4.69. The summed E-state index contributed by atoms with van der Waals surface area (Å²) in [7, 11) is 0. The molecule has 1 aromatic heterocycles. The van der Waals surface area contributed by atoms with Crippen LogP contribution < -0.4 is 15.0 Å². The fourth-order valence-corrected chi connectivity index (χ4v) is 3.25. The molecule has 0 radical (unpaired) electrons. The van der Waals surface area contributed by atoms with Gasteiger partial charge in [-0.15, -0.1) is 0 Å². The van der Waals surface area contributed by atoms with E-state index in [1.54, 1.807) is 38.1 Å². The number of hydrogen-bond donors (Lipinski definition) is 0. The molecule has 0 saturated carbocycles. The quantitative estimate of drug-likeness (QED) is 0.204. The van der Waals surface area contributed by atoms with E-state index in [4.69, 9.17) is 9.47 Å². The van der Waals surface area contributed by atoms with E-state index >= 15 is 0 Å². The van der Waals surface area contributed by atoms with Gasteiger partial charge in [0.05, 0.1) is 28.6 Å². The minimum absolute atomic E-state index is 0.00877. The number of nitrogens with zero attached hydrogens (tertiary/aromatic N) is 4. The van der Waals surface area contributed by atoms with E-state index in [-0.39, 0.29) is 36.0 Å². The van der Waals surface area contributed by atoms with Crippen molar-refractivity contribution in [2.75, 3.05) is 13.2 Å². The predicted octanol–water partition coefficient (Wildman–Crippen LogP) is 4.22. The van der Waals surface area contributed by atoms with E-state index in [1.807, 2.05) is 0 Å². The maximum absolute atomic E-state index is 12.9. The van der Waals surface area contributed by atoms with Crippen molar-refractivity contribution in [3.8, 4) is 11.5 Å². The van der Waals surface area contributed by atoms with Crippen LogP contribution >= 0.6 is 15.9 Å². The van der Waals surface area contributed by atoms with Crippen molar-refractivity contribution in [1.29, 1.82) is 0 Å². The van der Waals surface area contributed by atoms with Gasteiger partial charge in [0.1, 0.15) is 12.4 Å². The number of nitro groups is 1. The lowest BCUT2D eigenvalue weighted by Crippen LogP contribution is -2.20. The molecule has 2 aromatic carbocycles. The number of benzene rings is 2. The minimum Gasteiger partial charge on any atom is -0.490 e. The van der Waals surface area contributed by atoms with Crippen LogP contribution in [0.15, 0.2) is 57.4 Å². The Kier molecular flexibility index (Phi) is 6.81. The van der Waals surface area contributed by atoms with Gasteiger partial charge in [-0.05, 0) is 38.1 Å². The van der Waals surface area contributed by atoms with Gasteiger partial charge < -0.3 is 9.47 Å². The average molecular weight is 487 g/mol. The Balaban J connectivity index is 2.11. The van der Waals surface area contributed by atoms with E-state index in [9.17, 15) is 14.9 Å². The second kappa shape index (κ2) is 9.52.